The normalized spacial score (nSPS) is 10.5. The predicted molar refractivity (Wildman–Crippen MR) is 43.6 cm³/mol. The molecule has 0 saturated heterocycles. The van der Waals surface area contributed by atoms with Crippen molar-refractivity contribution in [2.45, 2.75) is 11.8 Å². The van der Waals surface area contributed by atoms with Crippen LogP contribution < -0.4 is 0 Å². The van der Waals surface area contributed by atoms with Gasteiger partial charge in [0.15, 0.2) is 10.7 Å². The highest BCUT2D eigenvalue weighted by molar-refractivity contribution is 7.72. The smallest absolute Gasteiger partial charge is 0.169 e. The lowest BCUT2D eigenvalue weighted by molar-refractivity contribution is 0.614. The molecule has 0 bridgehead atoms. The molecule has 0 aliphatic heterocycles. The Morgan fingerprint density at radius 2 is 2.18 bits per heavy atom. The van der Waals surface area contributed by atoms with Gasteiger partial charge in [0.1, 0.15) is 0 Å². The maximum absolute atomic E-state index is 10.5. The van der Waals surface area contributed by atoms with Crippen LogP contribution in [0.2, 0.25) is 5.02 Å². The topological polar surface area (TPSA) is 34.1 Å². The first-order valence-corrected chi connectivity index (χ1v) is 4.49. The molecule has 1 radical (unpaired) electrons. The van der Waals surface area contributed by atoms with Crippen LogP contribution in [0.3, 0.4) is 0 Å². The minimum Gasteiger partial charge on any atom is -0.227 e. The van der Waals surface area contributed by atoms with Crippen LogP contribution in [0.4, 0.5) is 0 Å². The van der Waals surface area contributed by atoms with E-state index in [2.05, 4.69) is 6.07 Å². The van der Waals surface area contributed by atoms with E-state index in [1.165, 1.54) is 6.07 Å². The van der Waals surface area contributed by atoms with Crippen molar-refractivity contribution >= 4 is 22.3 Å². The molecular weight excluding hydrogens is 184 g/mol. The number of thiol groups is 1. The largest absolute Gasteiger partial charge is 0.227 e. The first-order valence-electron chi connectivity index (χ1n) is 2.94. The van der Waals surface area contributed by atoms with Crippen LogP contribution in [0.25, 0.3) is 0 Å². The Labute approximate surface area is 71.8 Å². The Morgan fingerprint density at radius 1 is 1.55 bits per heavy atom. The summed E-state index contributed by atoms with van der Waals surface area (Å²) in [4.78, 5) is 0.174. The molecule has 0 amide bonds. The van der Waals surface area contributed by atoms with Gasteiger partial charge in [0.05, 0.1) is 4.90 Å². The second kappa shape index (κ2) is 3.24. The third-order valence-corrected chi connectivity index (χ3v) is 2.58. The van der Waals surface area contributed by atoms with Crippen molar-refractivity contribution < 1.29 is 8.42 Å². The molecule has 1 aromatic rings. The minimum absolute atomic E-state index is 0.174. The molecule has 0 heterocycles. The molecule has 0 saturated carbocycles. The van der Waals surface area contributed by atoms with Crippen LogP contribution in [-0.4, -0.2) is 8.42 Å². The van der Waals surface area contributed by atoms with Gasteiger partial charge >= 0.3 is 0 Å². The maximum atomic E-state index is 10.5. The van der Waals surface area contributed by atoms with E-state index in [-0.39, 0.29) is 4.90 Å². The molecule has 0 unspecified atom stereocenters. The van der Waals surface area contributed by atoms with E-state index < -0.39 is 10.7 Å². The Hall–Kier alpha value is -0.540. The number of hydrogen-bond donors (Lipinski definition) is 1. The molecule has 0 atom stereocenters. The molecule has 0 fully saturated rings. The molecule has 1 aromatic carbocycles. The van der Waals surface area contributed by atoms with Crippen LogP contribution in [0, 0.1) is 13.0 Å². The van der Waals surface area contributed by atoms with E-state index in [4.69, 9.17) is 11.6 Å². The molecular formula is C7H6ClO2S. The summed E-state index contributed by atoms with van der Waals surface area (Å²) in [6.45, 7) is 1.65. The van der Waals surface area contributed by atoms with Crippen molar-refractivity contribution in [3.05, 3.63) is 28.8 Å². The minimum atomic E-state index is -2.57. The maximum Gasteiger partial charge on any atom is 0.169 e. The summed E-state index contributed by atoms with van der Waals surface area (Å²) in [5, 5.41) is 0.456. The Morgan fingerprint density at radius 3 is 2.64 bits per heavy atom. The van der Waals surface area contributed by atoms with Gasteiger partial charge < -0.3 is 0 Å². The highest BCUT2D eigenvalue weighted by Crippen LogP contribution is 2.18. The monoisotopic (exact) mass is 189 g/mol. The molecule has 0 spiro atoms. The van der Waals surface area contributed by atoms with E-state index >= 15 is 0 Å². The second-order valence-corrected chi connectivity index (χ2v) is 3.42. The van der Waals surface area contributed by atoms with Crippen molar-refractivity contribution in [2.75, 3.05) is 0 Å². The summed E-state index contributed by atoms with van der Waals surface area (Å²) in [6, 6.07) is 5.70. The lowest BCUT2D eigenvalue weighted by atomic mass is 10.2. The number of hydrogen-bond acceptors (Lipinski definition) is 2. The van der Waals surface area contributed by atoms with Crippen LogP contribution in [0.1, 0.15) is 5.56 Å². The first-order chi connectivity index (χ1) is 5.13. The summed E-state index contributed by atoms with van der Waals surface area (Å²) in [5.41, 5.74) is 0.560. The van der Waals surface area contributed by atoms with Crippen LogP contribution in [0.5, 0.6) is 0 Å². The zero-order chi connectivity index (χ0) is 8.43. The second-order valence-electron chi connectivity index (χ2n) is 2.06. The SMILES string of the molecule is Cc1c([SH](=O)=O)[c]ccc1Cl. The van der Waals surface area contributed by atoms with Crippen LogP contribution >= 0.6 is 11.6 Å². The molecule has 0 aliphatic carbocycles. The van der Waals surface area contributed by atoms with E-state index in [1.807, 2.05) is 0 Å². The lowest BCUT2D eigenvalue weighted by Gasteiger charge is -1.97. The Balaban J connectivity index is 3.39. The van der Waals surface area contributed by atoms with Crippen molar-refractivity contribution in [3.63, 3.8) is 0 Å². The fourth-order valence-corrected chi connectivity index (χ4v) is 1.53. The van der Waals surface area contributed by atoms with Crippen LogP contribution in [0.15, 0.2) is 17.0 Å². The Kier molecular flexibility index (Phi) is 2.52. The van der Waals surface area contributed by atoms with E-state index in [1.54, 1.807) is 13.0 Å². The van der Waals surface area contributed by atoms with Gasteiger partial charge in [0, 0.05) is 11.1 Å². The number of benzene rings is 1. The van der Waals surface area contributed by atoms with Crippen LogP contribution in [-0.2, 0) is 10.7 Å². The van der Waals surface area contributed by atoms with Crippen molar-refractivity contribution in [3.8, 4) is 0 Å². The average molecular weight is 190 g/mol. The van der Waals surface area contributed by atoms with Gasteiger partial charge in [-0.2, -0.15) is 0 Å². The number of rotatable bonds is 1. The zero-order valence-electron chi connectivity index (χ0n) is 5.80. The molecule has 0 N–H and O–H groups in total. The summed E-state index contributed by atoms with van der Waals surface area (Å²) in [6.07, 6.45) is 0. The summed E-state index contributed by atoms with van der Waals surface area (Å²) in [7, 11) is -2.57. The first kappa shape index (κ1) is 8.56. The highest BCUT2D eigenvalue weighted by Gasteiger charge is 2.02. The Bertz CT molecular complexity index is 336. The van der Waals surface area contributed by atoms with Gasteiger partial charge in [-0.05, 0) is 18.6 Å². The molecule has 0 aromatic heterocycles. The third-order valence-electron chi connectivity index (χ3n) is 1.35. The quantitative estimate of drug-likeness (QED) is 0.678. The summed E-state index contributed by atoms with van der Waals surface area (Å²) < 4.78 is 21.0. The van der Waals surface area contributed by atoms with Gasteiger partial charge in [0.25, 0.3) is 0 Å². The van der Waals surface area contributed by atoms with E-state index in [0.717, 1.165) is 0 Å². The van der Waals surface area contributed by atoms with E-state index in [9.17, 15) is 8.42 Å². The molecule has 11 heavy (non-hydrogen) atoms. The lowest BCUT2D eigenvalue weighted by Crippen LogP contribution is -1.86. The van der Waals surface area contributed by atoms with Crippen molar-refractivity contribution in [1.29, 1.82) is 0 Å². The molecule has 4 heteroatoms. The summed E-state index contributed by atoms with van der Waals surface area (Å²) in [5.74, 6) is 0. The van der Waals surface area contributed by atoms with Gasteiger partial charge in [-0.25, -0.2) is 8.42 Å². The number of halogens is 1. The summed E-state index contributed by atoms with van der Waals surface area (Å²) >= 11 is 5.67. The predicted octanol–water partition coefficient (Wildman–Crippen LogP) is 1.42. The van der Waals surface area contributed by atoms with E-state index in [0.29, 0.717) is 10.6 Å². The molecule has 1 rings (SSSR count). The van der Waals surface area contributed by atoms with Gasteiger partial charge in [-0.1, -0.05) is 17.7 Å². The van der Waals surface area contributed by atoms with Gasteiger partial charge in [0.2, 0.25) is 0 Å². The fourth-order valence-electron chi connectivity index (χ4n) is 0.730. The van der Waals surface area contributed by atoms with Gasteiger partial charge in [-0.15, -0.1) is 0 Å². The fraction of sp³-hybridized carbons (Fsp3) is 0.143. The standard InChI is InChI=1S/C7H6ClO2S/c1-5-6(8)3-2-4-7(5)11(9)10/h2-3,11H,1H3. The van der Waals surface area contributed by atoms with Crippen molar-refractivity contribution in [1.82, 2.24) is 0 Å². The van der Waals surface area contributed by atoms with Gasteiger partial charge in [-0.3, -0.25) is 0 Å². The molecule has 0 aliphatic rings. The molecule has 59 valence electrons. The van der Waals surface area contributed by atoms with Crippen molar-refractivity contribution in [2.24, 2.45) is 0 Å². The molecule has 2 nitrogen and oxygen atoms in total. The average Bonchev–Trinajstić information content (AvgIpc) is 1.94. The zero-order valence-corrected chi connectivity index (χ0v) is 7.45. The highest BCUT2D eigenvalue weighted by atomic mass is 35.5. The third kappa shape index (κ3) is 1.73.